The number of amides is 1. The van der Waals surface area contributed by atoms with Crippen LogP contribution in [0.1, 0.15) is 28.8 Å². The minimum atomic E-state index is -0.0163. The smallest absolute Gasteiger partial charge is 0.253 e. The Kier molecular flexibility index (Phi) is 4.18. The Labute approximate surface area is 114 Å². The average Bonchev–Trinajstić information content (AvgIpc) is 2.83. The topological polar surface area (TPSA) is 47.3 Å². The monoisotopic (exact) mass is 257 g/mol. The van der Waals surface area contributed by atoms with Gasteiger partial charge in [0.05, 0.1) is 11.6 Å². The van der Waals surface area contributed by atoms with E-state index in [1.165, 1.54) is 6.42 Å². The molecule has 100 valence electrons. The Hall–Kier alpha value is -1.86. The normalized spacial score (nSPS) is 19.1. The molecule has 0 spiro atoms. The number of hydrogen-bond acceptors (Lipinski definition) is 3. The summed E-state index contributed by atoms with van der Waals surface area (Å²) in [5, 5.41) is 8.87. The van der Waals surface area contributed by atoms with Crippen molar-refractivity contribution in [1.82, 2.24) is 9.80 Å². The summed E-state index contributed by atoms with van der Waals surface area (Å²) < 4.78 is 0. The molecule has 0 saturated carbocycles. The van der Waals surface area contributed by atoms with Gasteiger partial charge in [-0.2, -0.15) is 5.26 Å². The first kappa shape index (κ1) is 13.6. The number of likely N-dealkylation sites (N-methyl/N-ethyl adjacent to an activating group) is 2. The molecule has 4 nitrogen and oxygen atoms in total. The van der Waals surface area contributed by atoms with Crippen molar-refractivity contribution >= 4 is 5.91 Å². The van der Waals surface area contributed by atoms with Gasteiger partial charge in [-0.15, -0.1) is 0 Å². The van der Waals surface area contributed by atoms with Crippen LogP contribution in [-0.4, -0.2) is 48.9 Å². The Morgan fingerprint density at radius 2 is 2.37 bits per heavy atom. The number of likely N-dealkylation sites (tertiary alicyclic amines) is 1. The van der Waals surface area contributed by atoms with Crippen LogP contribution in [0.15, 0.2) is 24.3 Å². The molecule has 0 radical (unpaired) electrons. The van der Waals surface area contributed by atoms with Gasteiger partial charge in [-0.1, -0.05) is 6.07 Å². The van der Waals surface area contributed by atoms with Crippen LogP contribution in [0.3, 0.4) is 0 Å². The van der Waals surface area contributed by atoms with Crippen molar-refractivity contribution in [3.05, 3.63) is 35.4 Å². The summed E-state index contributed by atoms with van der Waals surface area (Å²) in [6.45, 7) is 1.85. The van der Waals surface area contributed by atoms with E-state index in [4.69, 9.17) is 5.26 Å². The van der Waals surface area contributed by atoms with Gasteiger partial charge in [0.1, 0.15) is 0 Å². The molecule has 2 rings (SSSR count). The summed E-state index contributed by atoms with van der Waals surface area (Å²) in [4.78, 5) is 16.4. The van der Waals surface area contributed by atoms with E-state index in [1.807, 2.05) is 7.05 Å². The number of carbonyl (C=O) groups excluding carboxylic acids is 1. The zero-order valence-corrected chi connectivity index (χ0v) is 11.5. The van der Waals surface area contributed by atoms with Gasteiger partial charge in [0.25, 0.3) is 5.91 Å². The fourth-order valence-corrected chi connectivity index (χ4v) is 2.55. The zero-order chi connectivity index (χ0) is 13.8. The molecule has 1 saturated heterocycles. The van der Waals surface area contributed by atoms with Crippen LogP contribution in [-0.2, 0) is 0 Å². The number of hydrogen-bond donors (Lipinski definition) is 0. The standard InChI is InChI=1S/C15H19N3O/c1-17-8-4-7-14(17)11-18(2)15(19)13-6-3-5-12(9-13)10-16/h3,5-6,9,14H,4,7-8,11H2,1-2H3. The number of nitriles is 1. The molecule has 0 aliphatic carbocycles. The van der Waals surface area contributed by atoms with E-state index in [-0.39, 0.29) is 5.91 Å². The third-order valence-electron chi connectivity index (χ3n) is 3.74. The van der Waals surface area contributed by atoms with Crippen LogP contribution in [0.25, 0.3) is 0 Å². The van der Waals surface area contributed by atoms with E-state index in [2.05, 4.69) is 18.0 Å². The van der Waals surface area contributed by atoms with Crippen LogP contribution in [0.5, 0.6) is 0 Å². The van der Waals surface area contributed by atoms with Gasteiger partial charge in [0.2, 0.25) is 0 Å². The first-order chi connectivity index (χ1) is 9.11. The lowest BCUT2D eigenvalue weighted by molar-refractivity contribution is 0.0761. The molecule has 1 amide bonds. The molecule has 0 aromatic heterocycles. The van der Waals surface area contributed by atoms with Crippen LogP contribution >= 0.6 is 0 Å². The van der Waals surface area contributed by atoms with Crippen molar-refractivity contribution in [3.8, 4) is 6.07 Å². The quantitative estimate of drug-likeness (QED) is 0.828. The number of nitrogens with zero attached hydrogens (tertiary/aromatic N) is 3. The highest BCUT2D eigenvalue weighted by Crippen LogP contribution is 2.16. The Balaban J connectivity index is 2.04. The molecular weight excluding hydrogens is 238 g/mol. The molecule has 4 heteroatoms. The lowest BCUT2D eigenvalue weighted by Gasteiger charge is -2.26. The summed E-state index contributed by atoms with van der Waals surface area (Å²) >= 11 is 0. The third kappa shape index (κ3) is 3.12. The Bertz CT molecular complexity index is 506. The first-order valence-corrected chi connectivity index (χ1v) is 6.57. The second kappa shape index (κ2) is 5.85. The second-order valence-corrected chi connectivity index (χ2v) is 5.15. The molecule has 0 N–H and O–H groups in total. The van der Waals surface area contributed by atoms with E-state index < -0.39 is 0 Å². The summed E-state index contributed by atoms with van der Waals surface area (Å²) in [6.07, 6.45) is 2.35. The molecule has 1 heterocycles. The molecule has 1 atom stereocenters. The van der Waals surface area contributed by atoms with Gasteiger partial charge < -0.3 is 9.80 Å². The summed E-state index contributed by atoms with van der Waals surface area (Å²) in [6, 6.07) is 9.39. The maximum Gasteiger partial charge on any atom is 0.253 e. The molecule has 1 unspecified atom stereocenters. The molecule has 0 bridgehead atoms. The summed E-state index contributed by atoms with van der Waals surface area (Å²) in [5.74, 6) is -0.0163. The van der Waals surface area contributed by atoms with Crippen molar-refractivity contribution in [2.75, 3.05) is 27.2 Å². The Morgan fingerprint density at radius 1 is 1.58 bits per heavy atom. The van der Waals surface area contributed by atoms with Crippen molar-refractivity contribution in [1.29, 1.82) is 5.26 Å². The van der Waals surface area contributed by atoms with Crippen molar-refractivity contribution in [2.24, 2.45) is 0 Å². The fraction of sp³-hybridized carbons (Fsp3) is 0.467. The fourth-order valence-electron chi connectivity index (χ4n) is 2.55. The molecule has 1 fully saturated rings. The summed E-state index contributed by atoms with van der Waals surface area (Å²) in [5.41, 5.74) is 1.11. The molecule has 1 aromatic carbocycles. The van der Waals surface area contributed by atoms with Crippen LogP contribution in [0.2, 0.25) is 0 Å². The predicted octanol–water partition coefficient (Wildman–Crippen LogP) is 1.72. The van der Waals surface area contributed by atoms with Gasteiger partial charge in [-0.3, -0.25) is 4.79 Å². The highest BCUT2D eigenvalue weighted by atomic mass is 16.2. The minimum Gasteiger partial charge on any atom is -0.340 e. The van der Waals surface area contributed by atoms with Gasteiger partial charge in [-0.25, -0.2) is 0 Å². The molecular formula is C15H19N3O. The van der Waals surface area contributed by atoms with Crippen LogP contribution < -0.4 is 0 Å². The lowest BCUT2D eigenvalue weighted by atomic mass is 10.1. The van der Waals surface area contributed by atoms with E-state index in [0.29, 0.717) is 17.2 Å². The lowest BCUT2D eigenvalue weighted by Crippen LogP contribution is -2.39. The predicted molar refractivity (Wildman–Crippen MR) is 73.8 cm³/mol. The van der Waals surface area contributed by atoms with Gasteiger partial charge in [-0.05, 0) is 44.6 Å². The molecule has 1 aliphatic heterocycles. The third-order valence-corrected chi connectivity index (χ3v) is 3.74. The number of rotatable bonds is 3. The second-order valence-electron chi connectivity index (χ2n) is 5.15. The van der Waals surface area contributed by atoms with E-state index >= 15 is 0 Å². The van der Waals surface area contributed by atoms with E-state index in [9.17, 15) is 4.79 Å². The molecule has 19 heavy (non-hydrogen) atoms. The van der Waals surface area contributed by atoms with Crippen molar-refractivity contribution in [3.63, 3.8) is 0 Å². The molecule has 1 aromatic rings. The zero-order valence-electron chi connectivity index (χ0n) is 11.5. The average molecular weight is 257 g/mol. The largest absolute Gasteiger partial charge is 0.340 e. The van der Waals surface area contributed by atoms with Crippen molar-refractivity contribution < 1.29 is 4.79 Å². The summed E-state index contributed by atoms with van der Waals surface area (Å²) in [7, 11) is 3.93. The first-order valence-electron chi connectivity index (χ1n) is 6.57. The highest BCUT2D eigenvalue weighted by molar-refractivity contribution is 5.94. The maximum absolute atomic E-state index is 12.3. The van der Waals surface area contributed by atoms with E-state index in [1.54, 1.807) is 29.2 Å². The van der Waals surface area contributed by atoms with Crippen LogP contribution in [0.4, 0.5) is 0 Å². The SMILES string of the molecule is CN(CC1CCCN1C)C(=O)c1cccc(C#N)c1. The van der Waals surface area contributed by atoms with Crippen LogP contribution in [0, 0.1) is 11.3 Å². The Morgan fingerprint density at radius 3 is 3.00 bits per heavy atom. The number of benzene rings is 1. The van der Waals surface area contributed by atoms with Gasteiger partial charge >= 0.3 is 0 Å². The minimum absolute atomic E-state index is 0.0163. The van der Waals surface area contributed by atoms with Crippen molar-refractivity contribution in [2.45, 2.75) is 18.9 Å². The van der Waals surface area contributed by atoms with Gasteiger partial charge in [0.15, 0.2) is 0 Å². The maximum atomic E-state index is 12.3. The van der Waals surface area contributed by atoms with E-state index in [0.717, 1.165) is 19.5 Å². The number of carbonyl (C=O) groups is 1. The molecule has 1 aliphatic rings. The highest BCUT2D eigenvalue weighted by Gasteiger charge is 2.24. The van der Waals surface area contributed by atoms with Gasteiger partial charge in [0, 0.05) is 25.2 Å².